The van der Waals surface area contributed by atoms with Crippen molar-refractivity contribution < 1.29 is 9.18 Å². The summed E-state index contributed by atoms with van der Waals surface area (Å²) in [6, 6.07) is 10.8. The van der Waals surface area contributed by atoms with Crippen LogP contribution in [0.5, 0.6) is 0 Å². The zero-order valence-electron chi connectivity index (χ0n) is 10.7. The molecule has 2 aromatic rings. The summed E-state index contributed by atoms with van der Waals surface area (Å²) in [5.74, 6) is -0.675. The molecule has 0 aliphatic heterocycles. The zero-order valence-corrected chi connectivity index (χ0v) is 11.5. The molecule has 102 valence electrons. The predicted octanol–water partition coefficient (Wildman–Crippen LogP) is 3.55. The van der Waals surface area contributed by atoms with Gasteiger partial charge >= 0.3 is 0 Å². The second-order valence-electron chi connectivity index (χ2n) is 4.21. The Morgan fingerprint density at radius 3 is 2.60 bits per heavy atom. The van der Waals surface area contributed by atoms with Crippen molar-refractivity contribution in [1.29, 1.82) is 0 Å². The normalized spacial score (nSPS) is 10.8. The predicted molar refractivity (Wildman–Crippen MR) is 77.6 cm³/mol. The number of carbonyl (C=O) groups excluding carboxylic acids is 1. The molecule has 0 radical (unpaired) electrons. The lowest BCUT2D eigenvalue weighted by atomic mass is 10.1. The number of hydrazone groups is 1. The molecule has 0 aliphatic carbocycles. The number of amides is 1. The van der Waals surface area contributed by atoms with E-state index in [1.54, 1.807) is 30.3 Å². The minimum absolute atomic E-state index is 0.319. The van der Waals surface area contributed by atoms with Crippen molar-refractivity contribution in [3.63, 3.8) is 0 Å². The van der Waals surface area contributed by atoms with E-state index in [4.69, 9.17) is 11.6 Å². The first kappa shape index (κ1) is 14.2. The van der Waals surface area contributed by atoms with Gasteiger partial charge in [0.1, 0.15) is 5.82 Å². The summed E-state index contributed by atoms with van der Waals surface area (Å²) in [6.07, 6.45) is 1.44. The van der Waals surface area contributed by atoms with Crippen molar-refractivity contribution in [2.75, 3.05) is 0 Å². The molecule has 20 heavy (non-hydrogen) atoms. The SMILES string of the molecule is Cc1ccc(C(=O)N/N=C\c2ccc(F)cc2)cc1Cl. The number of hydrogen-bond donors (Lipinski definition) is 1. The molecule has 1 amide bonds. The van der Waals surface area contributed by atoms with Gasteiger partial charge in [0.25, 0.3) is 5.91 Å². The lowest BCUT2D eigenvalue weighted by Gasteiger charge is -2.02. The second-order valence-corrected chi connectivity index (χ2v) is 4.62. The second kappa shape index (κ2) is 6.30. The number of halogens is 2. The van der Waals surface area contributed by atoms with Crippen LogP contribution in [0.25, 0.3) is 0 Å². The number of carbonyl (C=O) groups is 1. The molecule has 0 atom stereocenters. The van der Waals surface area contributed by atoms with Crippen LogP contribution in [0.2, 0.25) is 5.02 Å². The Bertz CT molecular complexity index is 653. The van der Waals surface area contributed by atoms with Crippen LogP contribution in [0.3, 0.4) is 0 Å². The van der Waals surface area contributed by atoms with Crippen LogP contribution in [0.1, 0.15) is 21.5 Å². The summed E-state index contributed by atoms with van der Waals surface area (Å²) in [4.78, 5) is 11.8. The van der Waals surface area contributed by atoms with Gasteiger partial charge in [-0.1, -0.05) is 29.8 Å². The molecule has 0 unspecified atom stereocenters. The van der Waals surface area contributed by atoms with Gasteiger partial charge < -0.3 is 0 Å². The Hall–Kier alpha value is -2.20. The maximum absolute atomic E-state index is 12.7. The third-order valence-corrected chi connectivity index (χ3v) is 3.09. The number of rotatable bonds is 3. The van der Waals surface area contributed by atoms with Crippen molar-refractivity contribution in [3.8, 4) is 0 Å². The van der Waals surface area contributed by atoms with Gasteiger partial charge in [-0.15, -0.1) is 0 Å². The third kappa shape index (κ3) is 3.65. The smallest absolute Gasteiger partial charge is 0.267 e. The van der Waals surface area contributed by atoms with Crippen molar-refractivity contribution in [2.24, 2.45) is 5.10 Å². The lowest BCUT2D eigenvalue weighted by Crippen LogP contribution is -2.17. The molecule has 0 saturated carbocycles. The van der Waals surface area contributed by atoms with Gasteiger partial charge in [0, 0.05) is 10.6 Å². The highest BCUT2D eigenvalue weighted by molar-refractivity contribution is 6.31. The van der Waals surface area contributed by atoms with Crippen LogP contribution in [0.15, 0.2) is 47.6 Å². The number of nitrogens with zero attached hydrogens (tertiary/aromatic N) is 1. The molecule has 0 spiro atoms. The molecule has 5 heteroatoms. The summed E-state index contributed by atoms with van der Waals surface area (Å²) in [5, 5.41) is 4.34. The first-order valence-electron chi connectivity index (χ1n) is 5.91. The van der Waals surface area contributed by atoms with Crippen LogP contribution in [0, 0.1) is 12.7 Å². The Labute approximate surface area is 121 Å². The fraction of sp³-hybridized carbons (Fsp3) is 0.0667. The van der Waals surface area contributed by atoms with E-state index in [0.29, 0.717) is 16.1 Å². The molecule has 0 aliphatic rings. The first-order chi connectivity index (χ1) is 9.56. The van der Waals surface area contributed by atoms with E-state index in [-0.39, 0.29) is 11.7 Å². The highest BCUT2D eigenvalue weighted by atomic mass is 35.5. The molecule has 0 heterocycles. The van der Waals surface area contributed by atoms with Crippen molar-refractivity contribution in [2.45, 2.75) is 6.92 Å². The van der Waals surface area contributed by atoms with Crippen LogP contribution in [-0.4, -0.2) is 12.1 Å². The van der Waals surface area contributed by atoms with Crippen LogP contribution >= 0.6 is 11.6 Å². The van der Waals surface area contributed by atoms with Gasteiger partial charge in [-0.2, -0.15) is 5.10 Å². The molecule has 0 fully saturated rings. The van der Waals surface area contributed by atoms with E-state index >= 15 is 0 Å². The lowest BCUT2D eigenvalue weighted by molar-refractivity contribution is 0.0955. The average molecular weight is 291 g/mol. The number of hydrogen-bond acceptors (Lipinski definition) is 2. The first-order valence-corrected chi connectivity index (χ1v) is 6.29. The molecule has 0 bridgehead atoms. The van der Waals surface area contributed by atoms with E-state index in [0.717, 1.165) is 5.56 Å². The summed E-state index contributed by atoms with van der Waals surface area (Å²) >= 11 is 5.95. The van der Waals surface area contributed by atoms with E-state index in [9.17, 15) is 9.18 Å². The van der Waals surface area contributed by atoms with E-state index in [2.05, 4.69) is 10.5 Å². The van der Waals surface area contributed by atoms with Crippen LogP contribution in [-0.2, 0) is 0 Å². The number of aryl methyl sites for hydroxylation is 1. The quantitative estimate of drug-likeness (QED) is 0.681. The van der Waals surface area contributed by atoms with E-state index in [1.165, 1.54) is 18.3 Å². The highest BCUT2D eigenvalue weighted by Gasteiger charge is 2.05. The van der Waals surface area contributed by atoms with Crippen molar-refractivity contribution in [3.05, 3.63) is 70.0 Å². The highest BCUT2D eigenvalue weighted by Crippen LogP contribution is 2.16. The Morgan fingerprint density at radius 1 is 1.25 bits per heavy atom. The molecule has 0 saturated heterocycles. The third-order valence-electron chi connectivity index (χ3n) is 2.68. The Morgan fingerprint density at radius 2 is 1.95 bits per heavy atom. The van der Waals surface area contributed by atoms with Gasteiger partial charge in [-0.05, 0) is 42.3 Å². The molecular weight excluding hydrogens is 279 g/mol. The minimum Gasteiger partial charge on any atom is -0.267 e. The van der Waals surface area contributed by atoms with Crippen LogP contribution in [0.4, 0.5) is 4.39 Å². The van der Waals surface area contributed by atoms with Gasteiger partial charge in [-0.25, -0.2) is 9.82 Å². The maximum Gasteiger partial charge on any atom is 0.271 e. The Balaban J connectivity index is 2.01. The van der Waals surface area contributed by atoms with Crippen molar-refractivity contribution >= 4 is 23.7 Å². The van der Waals surface area contributed by atoms with Crippen LogP contribution < -0.4 is 5.43 Å². The molecule has 1 N–H and O–H groups in total. The van der Waals surface area contributed by atoms with E-state index < -0.39 is 0 Å². The standard InChI is InChI=1S/C15H12ClFN2O/c1-10-2-5-12(8-14(10)16)15(20)19-18-9-11-3-6-13(17)7-4-11/h2-9H,1H3,(H,19,20)/b18-9-. The average Bonchev–Trinajstić information content (AvgIpc) is 2.44. The molecule has 2 aromatic carbocycles. The molecule has 0 aromatic heterocycles. The Kier molecular flexibility index (Phi) is 4.48. The monoisotopic (exact) mass is 290 g/mol. The summed E-state index contributed by atoms with van der Waals surface area (Å²) in [5.41, 5.74) is 4.40. The maximum atomic E-state index is 12.7. The molecular formula is C15H12ClFN2O. The molecule has 3 nitrogen and oxygen atoms in total. The molecule has 2 rings (SSSR count). The summed E-state index contributed by atoms with van der Waals surface area (Å²) in [7, 11) is 0. The fourth-order valence-electron chi connectivity index (χ4n) is 1.51. The van der Waals surface area contributed by atoms with Gasteiger partial charge in [0.2, 0.25) is 0 Å². The summed E-state index contributed by atoms with van der Waals surface area (Å²) < 4.78 is 12.7. The largest absolute Gasteiger partial charge is 0.271 e. The number of nitrogens with one attached hydrogen (secondary N) is 1. The van der Waals surface area contributed by atoms with Gasteiger partial charge in [-0.3, -0.25) is 4.79 Å². The summed E-state index contributed by atoms with van der Waals surface area (Å²) in [6.45, 7) is 1.86. The topological polar surface area (TPSA) is 41.5 Å². The van der Waals surface area contributed by atoms with E-state index in [1.807, 2.05) is 6.92 Å². The fourth-order valence-corrected chi connectivity index (χ4v) is 1.69. The number of benzene rings is 2. The zero-order chi connectivity index (χ0) is 14.5. The van der Waals surface area contributed by atoms with Gasteiger partial charge in [0.15, 0.2) is 0 Å². The minimum atomic E-state index is -0.356. The van der Waals surface area contributed by atoms with Gasteiger partial charge in [0.05, 0.1) is 6.21 Å². The van der Waals surface area contributed by atoms with Crippen molar-refractivity contribution in [1.82, 2.24) is 5.43 Å².